The van der Waals surface area contributed by atoms with E-state index < -0.39 is 17.8 Å². The Labute approximate surface area is 195 Å². The molecule has 1 aliphatic heterocycles. The molecule has 1 aromatic heterocycles. The molecule has 10 heteroatoms. The number of rotatable bonds is 6. The summed E-state index contributed by atoms with van der Waals surface area (Å²) in [6.45, 7) is 5.28. The standard InChI is InChI=1S/C23H26ClF3N4O2/c1-3-15(2)19(29-21(32)16-7-5-4-6-8-16)22(33)31-11-9-30(10-12-31)20-18(24)13-17(14-28-20)23(25,26)27/h4-8,13-15,19H,3,9-12H2,1-2H3,(H,29,32)/t15-,19-/m0/s1. The van der Waals surface area contributed by atoms with Crippen molar-refractivity contribution in [1.29, 1.82) is 0 Å². The van der Waals surface area contributed by atoms with Crippen LogP contribution in [0.25, 0.3) is 0 Å². The van der Waals surface area contributed by atoms with E-state index in [0.717, 1.165) is 12.3 Å². The zero-order valence-electron chi connectivity index (χ0n) is 18.4. The van der Waals surface area contributed by atoms with Crippen molar-refractivity contribution in [2.75, 3.05) is 31.1 Å². The van der Waals surface area contributed by atoms with Crippen LogP contribution in [-0.4, -0.2) is 53.9 Å². The Morgan fingerprint density at radius 3 is 2.33 bits per heavy atom. The third kappa shape index (κ3) is 5.96. The maximum absolute atomic E-state index is 13.3. The van der Waals surface area contributed by atoms with Crippen molar-refractivity contribution in [3.8, 4) is 0 Å². The number of hydrogen-bond donors (Lipinski definition) is 1. The lowest BCUT2D eigenvalue weighted by Gasteiger charge is -2.38. The van der Waals surface area contributed by atoms with Gasteiger partial charge < -0.3 is 15.1 Å². The number of alkyl halides is 3. The van der Waals surface area contributed by atoms with Crippen LogP contribution >= 0.6 is 11.6 Å². The van der Waals surface area contributed by atoms with Crippen molar-refractivity contribution < 1.29 is 22.8 Å². The number of nitrogens with one attached hydrogen (secondary N) is 1. The Hall–Kier alpha value is -2.81. The minimum absolute atomic E-state index is 0.0748. The van der Waals surface area contributed by atoms with Crippen LogP contribution in [-0.2, 0) is 11.0 Å². The summed E-state index contributed by atoms with van der Waals surface area (Å²) in [6.07, 6.45) is -3.05. The molecular weight excluding hydrogens is 457 g/mol. The van der Waals surface area contributed by atoms with Gasteiger partial charge >= 0.3 is 6.18 Å². The third-order valence-electron chi connectivity index (χ3n) is 5.84. The lowest BCUT2D eigenvalue weighted by molar-refractivity contribution is -0.138. The fourth-order valence-electron chi connectivity index (χ4n) is 3.65. The molecule has 0 unspecified atom stereocenters. The van der Waals surface area contributed by atoms with Gasteiger partial charge in [-0.15, -0.1) is 0 Å². The molecule has 3 rings (SSSR count). The molecule has 2 heterocycles. The van der Waals surface area contributed by atoms with Crippen LogP contribution < -0.4 is 10.2 Å². The minimum Gasteiger partial charge on any atom is -0.352 e. The van der Waals surface area contributed by atoms with Gasteiger partial charge in [0.25, 0.3) is 5.91 Å². The highest BCUT2D eigenvalue weighted by Gasteiger charge is 2.34. The van der Waals surface area contributed by atoms with Gasteiger partial charge in [0.05, 0.1) is 10.6 Å². The highest BCUT2D eigenvalue weighted by molar-refractivity contribution is 6.33. The maximum atomic E-state index is 13.3. The number of benzene rings is 1. The van der Waals surface area contributed by atoms with Gasteiger partial charge in [-0.1, -0.05) is 50.1 Å². The molecule has 1 aliphatic rings. The van der Waals surface area contributed by atoms with Crippen LogP contribution in [0.2, 0.25) is 5.02 Å². The van der Waals surface area contributed by atoms with E-state index in [1.165, 1.54) is 0 Å². The van der Waals surface area contributed by atoms with E-state index in [-0.39, 0.29) is 28.6 Å². The summed E-state index contributed by atoms with van der Waals surface area (Å²) < 4.78 is 38.6. The number of nitrogens with zero attached hydrogens (tertiary/aromatic N) is 3. The molecule has 1 N–H and O–H groups in total. The normalized spacial score (nSPS) is 16.3. The molecule has 1 fully saturated rings. The molecule has 2 amide bonds. The average Bonchev–Trinajstić information content (AvgIpc) is 2.81. The molecular formula is C23H26ClF3N4O2. The Balaban J connectivity index is 1.66. The first-order valence-corrected chi connectivity index (χ1v) is 11.1. The SMILES string of the molecule is CC[C@H](C)[C@H](NC(=O)c1ccccc1)C(=O)N1CCN(c2ncc(C(F)(F)F)cc2Cl)CC1. The fraction of sp³-hybridized carbons (Fsp3) is 0.435. The average molecular weight is 483 g/mol. The number of anilines is 1. The second-order valence-electron chi connectivity index (χ2n) is 8.04. The van der Waals surface area contributed by atoms with Crippen molar-refractivity contribution in [2.45, 2.75) is 32.5 Å². The number of halogens is 4. The van der Waals surface area contributed by atoms with Gasteiger partial charge in [0, 0.05) is 37.9 Å². The van der Waals surface area contributed by atoms with Crippen molar-refractivity contribution in [3.05, 3.63) is 58.7 Å². The summed E-state index contributed by atoms with van der Waals surface area (Å²) in [7, 11) is 0. The first-order valence-electron chi connectivity index (χ1n) is 10.7. The molecule has 178 valence electrons. The number of piperazine rings is 1. The highest BCUT2D eigenvalue weighted by atomic mass is 35.5. The van der Waals surface area contributed by atoms with Gasteiger partial charge in [-0.3, -0.25) is 9.59 Å². The lowest BCUT2D eigenvalue weighted by Crippen LogP contribution is -2.56. The molecule has 2 atom stereocenters. The Bertz CT molecular complexity index is 979. The van der Waals surface area contributed by atoms with Gasteiger partial charge in [0.1, 0.15) is 11.9 Å². The van der Waals surface area contributed by atoms with Crippen LogP contribution in [0.5, 0.6) is 0 Å². The highest BCUT2D eigenvalue weighted by Crippen LogP contribution is 2.33. The van der Waals surface area contributed by atoms with Gasteiger partial charge in [-0.25, -0.2) is 4.98 Å². The monoisotopic (exact) mass is 482 g/mol. The number of carbonyl (C=O) groups excluding carboxylic acids is 2. The second-order valence-corrected chi connectivity index (χ2v) is 8.45. The number of hydrogen-bond acceptors (Lipinski definition) is 4. The topological polar surface area (TPSA) is 65.5 Å². The van der Waals surface area contributed by atoms with Gasteiger partial charge in [0.2, 0.25) is 5.91 Å². The Morgan fingerprint density at radius 2 is 1.79 bits per heavy atom. The predicted molar refractivity (Wildman–Crippen MR) is 120 cm³/mol. The van der Waals surface area contributed by atoms with E-state index in [1.807, 2.05) is 19.9 Å². The third-order valence-corrected chi connectivity index (χ3v) is 6.12. The van der Waals surface area contributed by atoms with Crippen molar-refractivity contribution in [3.63, 3.8) is 0 Å². The molecule has 33 heavy (non-hydrogen) atoms. The summed E-state index contributed by atoms with van der Waals surface area (Å²) in [5.74, 6) is -0.310. The summed E-state index contributed by atoms with van der Waals surface area (Å²) in [4.78, 5) is 33.2. The summed E-state index contributed by atoms with van der Waals surface area (Å²) >= 11 is 6.06. The molecule has 0 bridgehead atoms. The maximum Gasteiger partial charge on any atom is 0.417 e. The lowest BCUT2D eigenvalue weighted by atomic mass is 9.97. The van der Waals surface area contributed by atoms with E-state index >= 15 is 0 Å². The predicted octanol–water partition coefficient (Wildman–Crippen LogP) is 4.25. The van der Waals surface area contributed by atoms with E-state index in [2.05, 4.69) is 10.3 Å². The van der Waals surface area contributed by atoms with E-state index in [1.54, 1.807) is 34.1 Å². The van der Waals surface area contributed by atoms with Gasteiger partial charge in [0.15, 0.2) is 0 Å². The number of pyridine rings is 1. The van der Waals surface area contributed by atoms with Gasteiger partial charge in [-0.05, 0) is 24.1 Å². The zero-order chi connectivity index (χ0) is 24.2. The van der Waals surface area contributed by atoms with Crippen LogP contribution in [0.1, 0.15) is 36.2 Å². The molecule has 2 aromatic rings. The van der Waals surface area contributed by atoms with E-state index in [0.29, 0.717) is 38.2 Å². The molecule has 0 radical (unpaired) electrons. The van der Waals surface area contributed by atoms with Crippen molar-refractivity contribution >= 4 is 29.2 Å². The largest absolute Gasteiger partial charge is 0.417 e. The molecule has 1 aromatic carbocycles. The van der Waals surface area contributed by atoms with Crippen LogP contribution in [0.15, 0.2) is 42.6 Å². The summed E-state index contributed by atoms with van der Waals surface area (Å²) in [5.41, 5.74) is -0.429. The summed E-state index contributed by atoms with van der Waals surface area (Å²) in [5, 5.41) is 2.78. The van der Waals surface area contributed by atoms with E-state index in [4.69, 9.17) is 11.6 Å². The first-order chi connectivity index (χ1) is 15.6. The quantitative estimate of drug-likeness (QED) is 0.668. The molecule has 0 spiro atoms. The van der Waals surface area contributed by atoms with Crippen LogP contribution in [0.3, 0.4) is 0 Å². The Morgan fingerprint density at radius 1 is 1.15 bits per heavy atom. The van der Waals surface area contributed by atoms with Gasteiger partial charge in [-0.2, -0.15) is 13.2 Å². The van der Waals surface area contributed by atoms with Crippen LogP contribution in [0, 0.1) is 5.92 Å². The van der Waals surface area contributed by atoms with Crippen LogP contribution in [0.4, 0.5) is 19.0 Å². The molecule has 0 aliphatic carbocycles. The number of amides is 2. The zero-order valence-corrected chi connectivity index (χ0v) is 19.2. The smallest absolute Gasteiger partial charge is 0.352 e. The summed E-state index contributed by atoms with van der Waals surface area (Å²) in [6, 6.07) is 8.89. The second kappa shape index (κ2) is 10.4. The fourth-order valence-corrected chi connectivity index (χ4v) is 3.94. The Kier molecular flexibility index (Phi) is 7.84. The first kappa shape index (κ1) is 24.8. The molecule has 1 saturated heterocycles. The number of carbonyl (C=O) groups is 2. The molecule has 6 nitrogen and oxygen atoms in total. The van der Waals surface area contributed by atoms with Crippen molar-refractivity contribution in [2.24, 2.45) is 5.92 Å². The molecule has 0 saturated carbocycles. The van der Waals surface area contributed by atoms with Crippen molar-refractivity contribution in [1.82, 2.24) is 15.2 Å². The number of aromatic nitrogens is 1. The minimum atomic E-state index is -4.52. The van der Waals surface area contributed by atoms with E-state index in [9.17, 15) is 22.8 Å².